The van der Waals surface area contributed by atoms with Gasteiger partial charge >= 0.3 is 0 Å². The Hall–Kier alpha value is -0.690. The second kappa shape index (κ2) is 4.29. The van der Waals surface area contributed by atoms with Crippen molar-refractivity contribution >= 4 is 17.3 Å². The van der Waals surface area contributed by atoms with E-state index in [1.54, 1.807) is 0 Å². The summed E-state index contributed by atoms with van der Waals surface area (Å²) in [5.41, 5.74) is 2.42. The molecule has 16 heavy (non-hydrogen) atoms. The van der Waals surface area contributed by atoms with Gasteiger partial charge in [0.1, 0.15) is 0 Å². The second-order valence-corrected chi connectivity index (χ2v) is 6.73. The van der Waals surface area contributed by atoms with Crippen molar-refractivity contribution < 1.29 is 0 Å². The van der Waals surface area contributed by atoms with Crippen LogP contribution in [0, 0.1) is 0 Å². The molecule has 0 aliphatic carbocycles. The summed E-state index contributed by atoms with van der Waals surface area (Å²) in [6, 6.07) is 6.21. The first-order chi connectivity index (χ1) is 7.09. The Morgan fingerprint density at radius 2 is 1.56 bits per heavy atom. The van der Waals surface area contributed by atoms with Crippen molar-refractivity contribution in [3.8, 4) is 0 Å². The lowest BCUT2D eigenvalue weighted by Crippen LogP contribution is -2.26. The zero-order valence-electron chi connectivity index (χ0n) is 11.1. The van der Waals surface area contributed by atoms with Crippen molar-refractivity contribution in [3.05, 3.63) is 28.8 Å². The largest absolute Gasteiger partial charge is 0.380 e. The van der Waals surface area contributed by atoms with E-state index >= 15 is 0 Å². The quantitative estimate of drug-likeness (QED) is 0.739. The van der Waals surface area contributed by atoms with Gasteiger partial charge in [-0.1, -0.05) is 38.4 Å². The van der Waals surface area contributed by atoms with Gasteiger partial charge in [-0.3, -0.25) is 0 Å². The van der Waals surface area contributed by atoms with Crippen LogP contribution in [0.15, 0.2) is 18.2 Å². The first kappa shape index (κ1) is 13.4. The van der Waals surface area contributed by atoms with Crippen molar-refractivity contribution in [1.29, 1.82) is 0 Å². The van der Waals surface area contributed by atoms with Gasteiger partial charge in [0.25, 0.3) is 0 Å². The Labute approximate surface area is 104 Å². The maximum absolute atomic E-state index is 6.30. The molecule has 1 aromatic carbocycles. The fourth-order valence-electron chi connectivity index (χ4n) is 1.63. The lowest BCUT2D eigenvalue weighted by Gasteiger charge is -2.25. The molecule has 1 aromatic rings. The molecule has 1 nitrogen and oxygen atoms in total. The fourth-order valence-corrected chi connectivity index (χ4v) is 2.10. The van der Waals surface area contributed by atoms with Crippen LogP contribution in [0.2, 0.25) is 5.02 Å². The van der Waals surface area contributed by atoms with E-state index in [4.69, 9.17) is 11.6 Å². The number of hydrogen-bond acceptors (Lipinski definition) is 1. The molecule has 0 spiro atoms. The maximum Gasteiger partial charge on any atom is 0.0463 e. The third-order valence-electron chi connectivity index (χ3n) is 2.30. The van der Waals surface area contributed by atoms with E-state index in [0.29, 0.717) is 0 Å². The van der Waals surface area contributed by atoms with E-state index in [2.05, 4.69) is 59.0 Å². The third-order valence-corrected chi connectivity index (χ3v) is 2.61. The molecule has 0 atom stereocenters. The highest BCUT2D eigenvalue weighted by Crippen LogP contribution is 2.31. The minimum atomic E-state index is 0.0621. The summed E-state index contributed by atoms with van der Waals surface area (Å²) < 4.78 is 0. The SMILES string of the molecule is CC(C)(C)Nc1ccc(C(C)(C)C)c(Cl)c1. The summed E-state index contributed by atoms with van der Waals surface area (Å²) in [4.78, 5) is 0. The molecule has 0 amide bonds. The molecule has 0 bridgehead atoms. The average molecular weight is 240 g/mol. The van der Waals surface area contributed by atoms with Crippen LogP contribution in [0.3, 0.4) is 0 Å². The minimum Gasteiger partial charge on any atom is -0.380 e. The van der Waals surface area contributed by atoms with Crippen molar-refractivity contribution in [1.82, 2.24) is 0 Å². The first-order valence-corrected chi connectivity index (χ1v) is 6.05. The van der Waals surface area contributed by atoms with E-state index in [-0.39, 0.29) is 11.0 Å². The van der Waals surface area contributed by atoms with Gasteiger partial charge in [-0.2, -0.15) is 0 Å². The lowest BCUT2D eigenvalue weighted by atomic mass is 9.87. The number of rotatable bonds is 1. The Kier molecular flexibility index (Phi) is 3.59. The van der Waals surface area contributed by atoms with Gasteiger partial charge in [0.05, 0.1) is 0 Å². The van der Waals surface area contributed by atoms with E-state index in [1.165, 1.54) is 5.56 Å². The molecule has 0 radical (unpaired) electrons. The Morgan fingerprint density at radius 3 is 1.94 bits per heavy atom. The van der Waals surface area contributed by atoms with E-state index < -0.39 is 0 Å². The summed E-state index contributed by atoms with van der Waals surface area (Å²) in [7, 11) is 0. The van der Waals surface area contributed by atoms with Crippen molar-refractivity contribution in [2.24, 2.45) is 0 Å². The smallest absolute Gasteiger partial charge is 0.0463 e. The van der Waals surface area contributed by atoms with Gasteiger partial charge < -0.3 is 5.32 Å². The molecule has 0 saturated heterocycles. The molecular weight excluding hydrogens is 218 g/mol. The molecule has 0 fully saturated rings. The standard InChI is InChI=1S/C14H22ClN/c1-13(2,3)11-8-7-10(9-12(11)15)16-14(4,5)6/h7-9,16H,1-6H3. The first-order valence-electron chi connectivity index (χ1n) is 5.68. The van der Waals surface area contributed by atoms with E-state index in [9.17, 15) is 0 Å². The molecule has 0 heterocycles. The molecule has 0 aliphatic heterocycles. The van der Waals surface area contributed by atoms with Crippen molar-refractivity contribution in [2.75, 3.05) is 5.32 Å². The molecule has 90 valence electrons. The van der Waals surface area contributed by atoms with Gasteiger partial charge in [-0.15, -0.1) is 0 Å². The molecular formula is C14H22ClN. The molecule has 0 aliphatic rings. The highest BCUT2D eigenvalue weighted by molar-refractivity contribution is 6.31. The zero-order valence-corrected chi connectivity index (χ0v) is 11.9. The molecule has 1 rings (SSSR count). The summed E-state index contributed by atoms with van der Waals surface area (Å²) in [5.74, 6) is 0. The van der Waals surface area contributed by atoms with Crippen LogP contribution in [-0.4, -0.2) is 5.54 Å². The predicted octanol–water partition coefficient (Wildman–Crippen LogP) is 4.85. The number of anilines is 1. The Bertz CT molecular complexity index is 369. The van der Waals surface area contributed by atoms with Gasteiger partial charge in [0.2, 0.25) is 0 Å². The Balaban J connectivity index is 3.01. The number of nitrogens with one attached hydrogen (secondary N) is 1. The average Bonchev–Trinajstić information content (AvgIpc) is 1.97. The molecule has 0 aromatic heterocycles. The van der Waals surface area contributed by atoms with Crippen LogP contribution in [-0.2, 0) is 5.41 Å². The van der Waals surface area contributed by atoms with Gasteiger partial charge in [-0.25, -0.2) is 0 Å². The molecule has 0 unspecified atom stereocenters. The van der Waals surface area contributed by atoms with Crippen LogP contribution < -0.4 is 5.32 Å². The van der Waals surface area contributed by atoms with Crippen LogP contribution in [0.5, 0.6) is 0 Å². The summed E-state index contributed by atoms with van der Waals surface area (Å²) in [6.07, 6.45) is 0. The van der Waals surface area contributed by atoms with Crippen LogP contribution in [0.25, 0.3) is 0 Å². The number of benzene rings is 1. The van der Waals surface area contributed by atoms with Gasteiger partial charge in [0, 0.05) is 16.2 Å². The monoisotopic (exact) mass is 239 g/mol. The van der Waals surface area contributed by atoms with Crippen LogP contribution in [0.1, 0.15) is 47.1 Å². The zero-order chi connectivity index (χ0) is 12.6. The summed E-state index contributed by atoms with van der Waals surface area (Å²) >= 11 is 6.30. The third kappa shape index (κ3) is 3.71. The highest BCUT2D eigenvalue weighted by atomic mass is 35.5. The maximum atomic E-state index is 6.30. The fraction of sp³-hybridized carbons (Fsp3) is 0.571. The normalized spacial score (nSPS) is 12.7. The number of halogens is 1. The summed E-state index contributed by atoms with van der Waals surface area (Å²) in [6.45, 7) is 12.9. The highest BCUT2D eigenvalue weighted by Gasteiger charge is 2.18. The molecule has 0 saturated carbocycles. The van der Waals surface area contributed by atoms with E-state index in [1.807, 2.05) is 6.07 Å². The van der Waals surface area contributed by atoms with Crippen LogP contribution >= 0.6 is 11.6 Å². The summed E-state index contributed by atoms with van der Waals surface area (Å²) in [5, 5.41) is 4.25. The topological polar surface area (TPSA) is 12.0 Å². The Morgan fingerprint density at radius 1 is 1.00 bits per heavy atom. The second-order valence-electron chi connectivity index (χ2n) is 6.32. The lowest BCUT2D eigenvalue weighted by molar-refractivity contribution is 0.590. The van der Waals surface area contributed by atoms with Crippen LogP contribution in [0.4, 0.5) is 5.69 Å². The van der Waals surface area contributed by atoms with E-state index in [0.717, 1.165) is 10.7 Å². The molecule has 1 N–H and O–H groups in total. The molecule has 2 heteroatoms. The van der Waals surface area contributed by atoms with Crippen molar-refractivity contribution in [2.45, 2.75) is 52.5 Å². The predicted molar refractivity (Wildman–Crippen MR) is 73.5 cm³/mol. The van der Waals surface area contributed by atoms with Crippen molar-refractivity contribution in [3.63, 3.8) is 0 Å². The minimum absolute atomic E-state index is 0.0621. The van der Waals surface area contributed by atoms with Gasteiger partial charge in [0.15, 0.2) is 0 Å². The number of hydrogen-bond donors (Lipinski definition) is 1. The van der Waals surface area contributed by atoms with Gasteiger partial charge in [-0.05, 0) is 43.9 Å².